The fraction of sp³-hybridized carbons (Fsp3) is 0.736. The van der Waals surface area contributed by atoms with Crippen LogP contribution >= 0.6 is 0 Å². The van der Waals surface area contributed by atoms with Gasteiger partial charge in [0, 0.05) is 38.8 Å². The van der Waals surface area contributed by atoms with Crippen LogP contribution < -0.4 is 16.0 Å². The Hall–Kier alpha value is -4.03. The van der Waals surface area contributed by atoms with E-state index >= 15 is 0 Å². The molecule has 6 nitrogen and oxygen atoms in total. The van der Waals surface area contributed by atoms with Gasteiger partial charge in [-0.05, 0) is 128 Å². The summed E-state index contributed by atoms with van der Waals surface area (Å²) in [6.45, 7) is 11.0. The lowest BCUT2D eigenvalue weighted by Crippen LogP contribution is -2.23. The van der Waals surface area contributed by atoms with Crippen LogP contribution in [-0.4, -0.2) is 37.4 Å². The number of carbonyl (C=O) groups is 3. The Morgan fingerprint density at radius 2 is 0.564 bits per heavy atom. The standard InChI is InChI=1S/C25H47NO.C25H43NO.C21H35NO.CH4/c2*1-3-5-7-9-10-11-12-13-14-15-16-17-18-19-21-23-25(27)26-24-22-20-8-6-4-2;1-3-5-6-7-8-9-10-11-12-13-14-15-16-17-18-19-21(23)22-20-4-2;/h10-11,13-14H,3-9,12,15-24H2,1-2H3,(H,26,27);1,10-11,13-14H,4-9,12,15-24H2,2H3,(H,26,27);2,8-9,11-12H,3,5-7,10,13-20H2,1H3,(H,22,23);1H4/b2*11-10-,14-13-;9-8-,12-11-;. The summed E-state index contributed by atoms with van der Waals surface area (Å²) >= 11 is 0. The average molecular weight is 1080 g/mol. The van der Waals surface area contributed by atoms with Gasteiger partial charge < -0.3 is 16.0 Å². The van der Waals surface area contributed by atoms with Gasteiger partial charge in [-0.1, -0.05) is 249 Å². The lowest BCUT2D eigenvalue weighted by Gasteiger charge is -2.05. The van der Waals surface area contributed by atoms with Crippen LogP contribution in [0.1, 0.15) is 324 Å². The number of hydrogen-bond acceptors (Lipinski definition) is 3. The zero-order valence-corrected chi connectivity index (χ0v) is 51.2. The molecule has 0 aromatic carbocycles. The van der Waals surface area contributed by atoms with Gasteiger partial charge in [0.05, 0.1) is 6.54 Å². The van der Waals surface area contributed by atoms with Gasteiger partial charge in [0.25, 0.3) is 0 Å². The molecule has 0 saturated carbocycles. The Kier molecular flexibility index (Phi) is 79.6. The van der Waals surface area contributed by atoms with Crippen molar-refractivity contribution >= 4 is 17.7 Å². The SMILES string of the molecule is C.C#CCCC/C=C\C/C=C\CCCCCCCC(=O)NCCCCCCC.C#CCNC(=O)CCCCCCC/C=C\C/C=C\CCCCC.CCCCC/C=C\C/C=C\CCCCCCCC(=O)NCCCCCCC. The summed E-state index contributed by atoms with van der Waals surface area (Å²) in [6.07, 6.45) is 90.3. The van der Waals surface area contributed by atoms with Crippen molar-refractivity contribution in [2.24, 2.45) is 0 Å². The molecule has 0 spiro atoms. The molecule has 0 aliphatic heterocycles. The highest BCUT2D eigenvalue weighted by molar-refractivity contribution is 5.76. The second-order valence-corrected chi connectivity index (χ2v) is 21.1. The van der Waals surface area contributed by atoms with E-state index in [1.807, 2.05) is 0 Å². The van der Waals surface area contributed by atoms with Crippen LogP contribution in [0.2, 0.25) is 0 Å². The van der Waals surface area contributed by atoms with E-state index in [9.17, 15) is 14.4 Å². The van der Waals surface area contributed by atoms with Gasteiger partial charge in [-0.2, -0.15) is 0 Å². The molecule has 0 aliphatic rings. The largest absolute Gasteiger partial charge is 0.356 e. The first-order chi connectivity index (χ1) is 37.9. The Morgan fingerprint density at radius 3 is 0.885 bits per heavy atom. The molecule has 450 valence electrons. The number of allylic oxidation sites excluding steroid dienone is 12. The first-order valence-corrected chi connectivity index (χ1v) is 32.5. The van der Waals surface area contributed by atoms with Crippen molar-refractivity contribution in [3.63, 3.8) is 0 Å². The Labute approximate surface area is 487 Å². The van der Waals surface area contributed by atoms with Crippen molar-refractivity contribution in [3.8, 4) is 24.7 Å². The van der Waals surface area contributed by atoms with E-state index in [1.165, 1.54) is 193 Å². The predicted molar refractivity (Wildman–Crippen MR) is 349 cm³/mol. The van der Waals surface area contributed by atoms with Crippen LogP contribution in [-0.2, 0) is 14.4 Å². The third-order valence-electron chi connectivity index (χ3n) is 13.4. The summed E-state index contributed by atoms with van der Waals surface area (Å²) in [7, 11) is 0. The molecule has 0 fully saturated rings. The molecular formula is C72H129N3O3. The minimum absolute atomic E-state index is 0. The van der Waals surface area contributed by atoms with E-state index in [0.717, 1.165) is 90.1 Å². The fourth-order valence-electron chi connectivity index (χ4n) is 8.43. The number of rotatable bonds is 54. The smallest absolute Gasteiger partial charge is 0.220 e. The highest BCUT2D eigenvalue weighted by Crippen LogP contribution is 2.12. The molecule has 0 radical (unpaired) electrons. The summed E-state index contributed by atoms with van der Waals surface area (Å²) in [4.78, 5) is 34.8. The Morgan fingerprint density at radius 1 is 0.308 bits per heavy atom. The minimum atomic E-state index is 0. The molecule has 78 heavy (non-hydrogen) atoms. The summed E-state index contributed by atoms with van der Waals surface area (Å²) < 4.78 is 0. The number of nitrogens with one attached hydrogen (secondary N) is 3. The van der Waals surface area contributed by atoms with Crippen molar-refractivity contribution in [2.75, 3.05) is 19.6 Å². The van der Waals surface area contributed by atoms with Gasteiger partial charge in [0.1, 0.15) is 0 Å². The maximum Gasteiger partial charge on any atom is 0.220 e. The van der Waals surface area contributed by atoms with E-state index in [2.05, 4.69) is 128 Å². The van der Waals surface area contributed by atoms with Crippen LogP contribution in [0.3, 0.4) is 0 Å². The zero-order valence-electron chi connectivity index (χ0n) is 51.2. The maximum absolute atomic E-state index is 11.7. The molecule has 0 rings (SSSR count). The molecule has 0 bridgehead atoms. The molecule has 0 aromatic rings. The molecule has 3 N–H and O–H groups in total. The van der Waals surface area contributed by atoms with E-state index in [-0.39, 0.29) is 25.1 Å². The zero-order chi connectivity index (χ0) is 56.7. The highest BCUT2D eigenvalue weighted by Gasteiger charge is 2.02. The van der Waals surface area contributed by atoms with Crippen molar-refractivity contribution in [1.29, 1.82) is 0 Å². The fourth-order valence-corrected chi connectivity index (χ4v) is 8.43. The molecule has 3 amide bonds. The normalized spacial score (nSPS) is 11.2. The van der Waals surface area contributed by atoms with Crippen LogP contribution in [0.25, 0.3) is 0 Å². The Bertz CT molecular complexity index is 1490. The predicted octanol–water partition coefficient (Wildman–Crippen LogP) is 21.2. The summed E-state index contributed by atoms with van der Waals surface area (Å²) in [6, 6.07) is 0. The molecule has 0 heterocycles. The van der Waals surface area contributed by atoms with E-state index in [4.69, 9.17) is 12.8 Å². The Balaban J connectivity index is -0.000000525. The monoisotopic (exact) mass is 1080 g/mol. The van der Waals surface area contributed by atoms with Crippen molar-refractivity contribution < 1.29 is 14.4 Å². The number of amides is 3. The van der Waals surface area contributed by atoms with Gasteiger partial charge in [0.15, 0.2) is 0 Å². The first kappa shape index (κ1) is 80.4. The van der Waals surface area contributed by atoms with E-state index in [0.29, 0.717) is 25.8 Å². The second-order valence-electron chi connectivity index (χ2n) is 21.1. The number of hydrogen-bond donors (Lipinski definition) is 3. The summed E-state index contributed by atoms with van der Waals surface area (Å²) in [5.74, 6) is 5.64. The third kappa shape index (κ3) is 80.8. The van der Waals surface area contributed by atoms with Gasteiger partial charge >= 0.3 is 0 Å². The van der Waals surface area contributed by atoms with Crippen LogP contribution in [0.4, 0.5) is 0 Å². The quantitative estimate of drug-likeness (QED) is 0.0322. The highest BCUT2D eigenvalue weighted by atomic mass is 16.2. The third-order valence-corrected chi connectivity index (χ3v) is 13.4. The lowest BCUT2D eigenvalue weighted by atomic mass is 10.1. The molecule has 0 saturated heterocycles. The molecule has 0 atom stereocenters. The van der Waals surface area contributed by atoms with Crippen molar-refractivity contribution in [3.05, 3.63) is 72.9 Å². The van der Waals surface area contributed by atoms with Crippen LogP contribution in [0.15, 0.2) is 72.9 Å². The first-order valence-electron chi connectivity index (χ1n) is 32.5. The van der Waals surface area contributed by atoms with E-state index in [1.54, 1.807) is 0 Å². The number of carbonyl (C=O) groups excluding carboxylic acids is 3. The van der Waals surface area contributed by atoms with Crippen molar-refractivity contribution in [2.45, 2.75) is 324 Å². The molecule has 0 unspecified atom stereocenters. The second kappa shape index (κ2) is 77.2. The molecule has 0 aliphatic carbocycles. The number of unbranched alkanes of at least 4 members (excludes halogenated alkanes) is 31. The summed E-state index contributed by atoms with van der Waals surface area (Å²) in [5.41, 5.74) is 0. The van der Waals surface area contributed by atoms with Gasteiger partial charge in [-0.25, -0.2) is 0 Å². The lowest BCUT2D eigenvalue weighted by molar-refractivity contribution is -0.122. The van der Waals surface area contributed by atoms with Crippen LogP contribution in [0.5, 0.6) is 0 Å². The molecule has 0 aromatic heterocycles. The van der Waals surface area contributed by atoms with E-state index < -0.39 is 0 Å². The van der Waals surface area contributed by atoms with Gasteiger partial charge in [-0.3, -0.25) is 14.4 Å². The number of terminal acetylenes is 2. The van der Waals surface area contributed by atoms with Crippen molar-refractivity contribution in [1.82, 2.24) is 16.0 Å². The van der Waals surface area contributed by atoms with Gasteiger partial charge in [0.2, 0.25) is 17.7 Å². The molecule has 6 heteroatoms. The topological polar surface area (TPSA) is 87.3 Å². The van der Waals surface area contributed by atoms with Gasteiger partial charge in [-0.15, -0.1) is 18.8 Å². The molecular weight excluding hydrogens is 955 g/mol. The summed E-state index contributed by atoms with van der Waals surface area (Å²) in [5, 5.41) is 8.79. The van der Waals surface area contributed by atoms with Crippen LogP contribution in [0, 0.1) is 24.7 Å². The average Bonchev–Trinajstić information content (AvgIpc) is 3.43. The minimum Gasteiger partial charge on any atom is -0.356 e. The maximum atomic E-state index is 11.7.